The van der Waals surface area contributed by atoms with Crippen molar-refractivity contribution in [1.29, 1.82) is 0 Å². The van der Waals surface area contributed by atoms with Gasteiger partial charge in [0.25, 0.3) is 0 Å². The zero-order valence-corrected chi connectivity index (χ0v) is 7.78. The molecule has 0 aliphatic carbocycles. The number of nitrogens with one attached hydrogen (secondary N) is 1. The molecule has 3 N–H and O–H groups in total. The molecule has 0 spiro atoms. The van der Waals surface area contributed by atoms with Crippen LogP contribution >= 0.6 is 11.3 Å². The smallest absolute Gasteiger partial charge is 0.0944 e. The van der Waals surface area contributed by atoms with Crippen LogP contribution in [0.2, 0.25) is 0 Å². The van der Waals surface area contributed by atoms with Gasteiger partial charge in [0.15, 0.2) is 0 Å². The third-order valence-corrected chi connectivity index (χ3v) is 3.16. The van der Waals surface area contributed by atoms with Gasteiger partial charge in [-0.15, -0.1) is 11.3 Å². The van der Waals surface area contributed by atoms with Crippen molar-refractivity contribution in [2.75, 3.05) is 13.1 Å². The lowest BCUT2D eigenvalue weighted by Crippen LogP contribution is -2.22. The number of nitrogens with two attached hydrogens (primary N) is 1. The fourth-order valence-electron chi connectivity index (χ4n) is 1.41. The number of fused-ring (bicyclic) bond motifs is 1. The highest BCUT2D eigenvalue weighted by Gasteiger charge is 2.13. The molecule has 1 aliphatic heterocycles. The summed E-state index contributed by atoms with van der Waals surface area (Å²) in [6.45, 7) is 2.77. The van der Waals surface area contributed by atoms with Crippen LogP contribution in [0.15, 0.2) is 0 Å². The molecular formula is C8H13N3S. The van der Waals surface area contributed by atoms with Crippen molar-refractivity contribution in [2.24, 2.45) is 5.73 Å². The Morgan fingerprint density at radius 3 is 3.25 bits per heavy atom. The zero-order valence-electron chi connectivity index (χ0n) is 6.97. The van der Waals surface area contributed by atoms with Gasteiger partial charge < -0.3 is 11.1 Å². The Morgan fingerprint density at radius 2 is 2.50 bits per heavy atom. The van der Waals surface area contributed by atoms with Crippen LogP contribution in [0, 0.1) is 0 Å². The fraction of sp³-hybridized carbons (Fsp3) is 0.625. The Labute approximate surface area is 76.0 Å². The lowest BCUT2D eigenvalue weighted by atomic mass is 10.2. The minimum Gasteiger partial charge on any atom is -0.330 e. The van der Waals surface area contributed by atoms with Crippen molar-refractivity contribution in [2.45, 2.75) is 19.4 Å². The molecule has 0 fully saturated rings. The maximum Gasteiger partial charge on any atom is 0.0944 e. The number of aromatic nitrogens is 1. The van der Waals surface area contributed by atoms with E-state index in [4.69, 9.17) is 5.73 Å². The molecule has 0 radical (unpaired) electrons. The number of hydrogen-bond acceptors (Lipinski definition) is 4. The topological polar surface area (TPSA) is 50.9 Å². The first-order valence-electron chi connectivity index (χ1n) is 4.28. The minimum atomic E-state index is 0.708. The molecule has 1 aromatic rings. The first-order valence-corrected chi connectivity index (χ1v) is 5.10. The van der Waals surface area contributed by atoms with Crippen molar-refractivity contribution in [1.82, 2.24) is 10.3 Å². The summed E-state index contributed by atoms with van der Waals surface area (Å²) in [5.41, 5.74) is 6.76. The number of thiazole rings is 1. The van der Waals surface area contributed by atoms with E-state index in [1.54, 1.807) is 11.3 Å². The van der Waals surface area contributed by atoms with Gasteiger partial charge in [-0.25, -0.2) is 4.98 Å². The molecule has 1 aliphatic rings. The monoisotopic (exact) mass is 183 g/mol. The summed E-state index contributed by atoms with van der Waals surface area (Å²) in [4.78, 5) is 5.95. The fourth-order valence-corrected chi connectivity index (χ4v) is 2.51. The van der Waals surface area contributed by atoms with E-state index in [-0.39, 0.29) is 0 Å². The van der Waals surface area contributed by atoms with Crippen LogP contribution in [-0.2, 0) is 19.4 Å². The average molecular weight is 183 g/mol. The molecule has 0 saturated heterocycles. The largest absolute Gasteiger partial charge is 0.330 e. The van der Waals surface area contributed by atoms with Gasteiger partial charge in [-0.3, -0.25) is 0 Å². The average Bonchev–Trinajstić information content (AvgIpc) is 2.47. The molecule has 0 atom stereocenters. The molecular weight excluding hydrogens is 170 g/mol. The van der Waals surface area contributed by atoms with Gasteiger partial charge >= 0.3 is 0 Å². The summed E-state index contributed by atoms with van der Waals surface area (Å²) in [5.74, 6) is 0. The van der Waals surface area contributed by atoms with Gasteiger partial charge in [-0.2, -0.15) is 0 Å². The maximum absolute atomic E-state index is 5.47. The summed E-state index contributed by atoms with van der Waals surface area (Å²) in [6, 6.07) is 0. The Morgan fingerprint density at radius 1 is 1.58 bits per heavy atom. The Bertz CT molecular complexity index is 246. The second-order valence-electron chi connectivity index (χ2n) is 2.94. The van der Waals surface area contributed by atoms with Crippen LogP contribution in [0.5, 0.6) is 0 Å². The van der Waals surface area contributed by atoms with E-state index in [0.29, 0.717) is 6.54 Å². The van der Waals surface area contributed by atoms with Gasteiger partial charge in [-0.05, 0) is 6.54 Å². The quantitative estimate of drug-likeness (QED) is 0.693. The first kappa shape index (κ1) is 8.16. The second-order valence-corrected chi connectivity index (χ2v) is 4.11. The van der Waals surface area contributed by atoms with Crippen LogP contribution in [0.4, 0.5) is 0 Å². The number of nitrogens with zero attached hydrogens (tertiary/aromatic N) is 1. The molecule has 4 heteroatoms. The molecule has 0 aromatic carbocycles. The van der Waals surface area contributed by atoms with Crippen molar-refractivity contribution in [3.05, 3.63) is 15.6 Å². The number of hydrogen-bond donors (Lipinski definition) is 2. The summed E-state index contributed by atoms with van der Waals surface area (Å²) in [5, 5.41) is 4.54. The van der Waals surface area contributed by atoms with Crippen LogP contribution < -0.4 is 11.1 Å². The van der Waals surface area contributed by atoms with Crippen LogP contribution in [0.3, 0.4) is 0 Å². The van der Waals surface area contributed by atoms with E-state index in [9.17, 15) is 0 Å². The molecule has 2 heterocycles. The predicted molar refractivity (Wildman–Crippen MR) is 50.3 cm³/mol. The third kappa shape index (κ3) is 1.50. The molecule has 2 rings (SSSR count). The lowest BCUT2D eigenvalue weighted by molar-refractivity contribution is 0.642. The zero-order chi connectivity index (χ0) is 8.39. The molecule has 12 heavy (non-hydrogen) atoms. The Kier molecular flexibility index (Phi) is 2.39. The van der Waals surface area contributed by atoms with Crippen molar-refractivity contribution in [3.63, 3.8) is 0 Å². The highest BCUT2D eigenvalue weighted by molar-refractivity contribution is 7.11. The van der Waals surface area contributed by atoms with Crippen molar-refractivity contribution >= 4 is 11.3 Å². The van der Waals surface area contributed by atoms with Crippen LogP contribution in [0.25, 0.3) is 0 Å². The summed E-state index contributed by atoms with van der Waals surface area (Å²) in [7, 11) is 0. The van der Waals surface area contributed by atoms with E-state index in [1.165, 1.54) is 15.6 Å². The van der Waals surface area contributed by atoms with E-state index in [0.717, 1.165) is 25.9 Å². The molecule has 0 unspecified atom stereocenters. The molecule has 3 nitrogen and oxygen atoms in total. The Balaban J connectivity index is 2.20. The van der Waals surface area contributed by atoms with Gasteiger partial charge in [0.1, 0.15) is 0 Å². The summed E-state index contributed by atoms with van der Waals surface area (Å²) < 4.78 is 0. The molecule has 0 bridgehead atoms. The van der Waals surface area contributed by atoms with E-state index in [1.807, 2.05) is 0 Å². The highest BCUT2D eigenvalue weighted by Crippen LogP contribution is 2.21. The SMILES string of the molecule is NCCc1nc2c(s1)CNCC2. The predicted octanol–water partition coefficient (Wildman–Crippen LogP) is 0.290. The van der Waals surface area contributed by atoms with Crippen LogP contribution in [0.1, 0.15) is 15.6 Å². The molecule has 0 amide bonds. The van der Waals surface area contributed by atoms with Gasteiger partial charge in [0.05, 0.1) is 10.7 Å². The standard InChI is InChI=1S/C8H13N3S/c9-3-1-8-11-6-2-4-10-5-7(6)12-8/h10H,1-5,9H2. The lowest BCUT2D eigenvalue weighted by Gasteiger charge is -2.09. The van der Waals surface area contributed by atoms with Crippen molar-refractivity contribution in [3.8, 4) is 0 Å². The summed E-state index contributed by atoms with van der Waals surface area (Å²) in [6.07, 6.45) is 2.01. The van der Waals surface area contributed by atoms with Crippen molar-refractivity contribution < 1.29 is 0 Å². The van der Waals surface area contributed by atoms with Crippen LogP contribution in [-0.4, -0.2) is 18.1 Å². The van der Waals surface area contributed by atoms with Gasteiger partial charge in [-0.1, -0.05) is 0 Å². The maximum atomic E-state index is 5.47. The molecule has 0 saturated carbocycles. The summed E-state index contributed by atoms with van der Waals surface area (Å²) >= 11 is 1.81. The molecule has 66 valence electrons. The second kappa shape index (κ2) is 3.51. The Hall–Kier alpha value is -0.450. The van der Waals surface area contributed by atoms with Gasteiger partial charge in [0.2, 0.25) is 0 Å². The number of rotatable bonds is 2. The van der Waals surface area contributed by atoms with Gasteiger partial charge in [0, 0.05) is 30.8 Å². The first-order chi connectivity index (χ1) is 5.90. The van der Waals surface area contributed by atoms with E-state index >= 15 is 0 Å². The third-order valence-electron chi connectivity index (χ3n) is 2.00. The normalized spacial score (nSPS) is 16.1. The van der Waals surface area contributed by atoms with E-state index in [2.05, 4.69) is 10.3 Å². The molecule has 1 aromatic heterocycles. The minimum absolute atomic E-state index is 0.708. The van der Waals surface area contributed by atoms with E-state index < -0.39 is 0 Å². The highest BCUT2D eigenvalue weighted by atomic mass is 32.1.